The van der Waals surface area contributed by atoms with Crippen LogP contribution in [0.1, 0.15) is 36.3 Å². The standard InChI is InChI=1S/C18H22N4O4S/c23-27(24,15-3-4-15)22-6-5-18(11-22)12-25-10-13-8-19-17(21-16(13)18)20-9-14-2-1-7-26-14/h1-2,7-8,15H,3-6,9-12H2,(H,19,20,21)/t18-/m0/s1. The Kier molecular flexibility index (Phi) is 3.99. The average molecular weight is 390 g/mol. The summed E-state index contributed by atoms with van der Waals surface area (Å²) in [5, 5.41) is 3.00. The van der Waals surface area contributed by atoms with Gasteiger partial charge in [-0.05, 0) is 31.4 Å². The van der Waals surface area contributed by atoms with Gasteiger partial charge in [0, 0.05) is 24.8 Å². The predicted octanol–water partition coefficient (Wildman–Crippen LogP) is 1.65. The number of aromatic nitrogens is 2. The minimum atomic E-state index is -3.19. The second-order valence-corrected chi connectivity index (χ2v) is 9.81. The van der Waals surface area contributed by atoms with Crippen LogP contribution in [0, 0.1) is 0 Å². The Morgan fingerprint density at radius 3 is 3.04 bits per heavy atom. The van der Waals surface area contributed by atoms with Gasteiger partial charge in [-0.15, -0.1) is 0 Å². The zero-order valence-corrected chi connectivity index (χ0v) is 15.7. The number of fused-ring (bicyclic) bond motifs is 2. The molecular formula is C18H22N4O4S. The molecule has 2 fully saturated rings. The maximum Gasteiger partial charge on any atom is 0.223 e. The highest BCUT2D eigenvalue weighted by atomic mass is 32.2. The molecule has 9 heteroatoms. The molecule has 0 radical (unpaired) electrons. The lowest BCUT2D eigenvalue weighted by atomic mass is 9.81. The third kappa shape index (κ3) is 3.03. The van der Waals surface area contributed by atoms with Gasteiger partial charge in [-0.2, -0.15) is 0 Å². The van der Waals surface area contributed by atoms with Crippen LogP contribution in [0.25, 0.3) is 0 Å². The summed E-state index contributed by atoms with van der Waals surface area (Å²) in [4.78, 5) is 9.14. The van der Waals surface area contributed by atoms with Crippen molar-refractivity contribution in [2.75, 3.05) is 25.0 Å². The number of nitrogens with one attached hydrogen (secondary N) is 1. The smallest absolute Gasteiger partial charge is 0.223 e. The highest BCUT2D eigenvalue weighted by molar-refractivity contribution is 7.90. The van der Waals surface area contributed by atoms with Crippen molar-refractivity contribution in [1.29, 1.82) is 0 Å². The molecule has 144 valence electrons. The summed E-state index contributed by atoms with van der Waals surface area (Å²) < 4.78 is 38.1. The van der Waals surface area contributed by atoms with Crippen molar-refractivity contribution < 1.29 is 17.6 Å². The van der Waals surface area contributed by atoms with Gasteiger partial charge in [0.05, 0.1) is 42.4 Å². The summed E-state index contributed by atoms with van der Waals surface area (Å²) in [5.41, 5.74) is 1.47. The summed E-state index contributed by atoms with van der Waals surface area (Å²) >= 11 is 0. The Labute approximate surface area is 158 Å². The summed E-state index contributed by atoms with van der Waals surface area (Å²) in [7, 11) is -3.19. The van der Waals surface area contributed by atoms with Crippen molar-refractivity contribution in [3.05, 3.63) is 41.6 Å². The fourth-order valence-corrected chi connectivity index (χ4v) is 5.93. The van der Waals surface area contributed by atoms with Crippen LogP contribution in [-0.4, -0.2) is 47.6 Å². The Balaban J connectivity index is 1.40. The predicted molar refractivity (Wildman–Crippen MR) is 97.5 cm³/mol. The van der Waals surface area contributed by atoms with E-state index in [-0.39, 0.29) is 10.7 Å². The zero-order valence-electron chi connectivity index (χ0n) is 14.9. The first-order valence-electron chi connectivity index (χ1n) is 9.26. The Hall–Kier alpha value is -1.97. The van der Waals surface area contributed by atoms with Crippen LogP contribution >= 0.6 is 0 Å². The fraction of sp³-hybridized carbons (Fsp3) is 0.556. The molecule has 2 aliphatic heterocycles. The molecule has 2 aromatic heterocycles. The van der Waals surface area contributed by atoms with Gasteiger partial charge in [0.2, 0.25) is 16.0 Å². The maximum atomic E-state index is 12.7. The number of anilines is 1. The summed E-state index contributed by atoms with van der Waals surface area (Å²) in [5.74, 6) is 1.33. The van der Waals surface area contributed by atoms with E-state index in [0.717, 1.165) is 36.3 Å². The van der Waals surface area contributed by atoms with Crippen molar-refractivity contribution >= 4 is 16.0 Å². The van der Waals surface area contributed by atoms with E-state index in [2.05, 4.69) is 10.3 Å². The van der Waals surface area contributed by atoms with E-state index in [9.17, 15) is 8.42 Å². The van der Waals surface area contributed by atoms with E-state index in [1.54, 1.807) is 16.8 Å². The summed E-state index contributed by atoms with van der Waals surface area (Å²) in [6, 6.07) is 3.73. The van der Waals surface area contributed by atoms with Crippen LogP contribution in [0.2, 0.25) is 0 Å². The number of hydrogen-bond donors (Lipinski definition) is 1. The van der Waals surface area contributed by atoms with Crippen LogP contribution in [0.15, 0.2) is 29.0 Å². The molecule has 5 rings (SSSR count). The molecule has 0 aromatic carbocycles. The quantitative estimate of drug-likeness (QED) is 0.829. The third-order valence-electron chi connectivity index (χ3n) is 5.63. The van der Waals surface area contributed by atoms with Gasteiger partial charge in [0.25, 0.3) is 0 Å². The SMILES string of the molecule is O=S(=O)(C1CC1)N1CC[C@@]2(COCc3cnc(NCc4ccco4)nc32)C1. The first kappa shape index (κ1) is 17.2. The van der Waals surface area contributed by atoms with E-state index in [0.29, 0.717) is 38.8 Å². The van der Waals surface area contributed by atoms with E-state index >= 15 is 0 Å². The lowest BCUT2D eigenvalue weighted by Gasteiger charge is -2.34. The van der Waals surface area contributed by atoms with Crippen LogP contribution in [-0.2, 0) is 33.3 Å². The minimum absolute atomic E-state index is 0.187. The highest BCUT2D eigenvalue weighted by Crippen LogP contribution is 2.42. The van der Waals surface area contributed by atoms with E-state index in [4.69, 9.17) is 14.1 Å². The molecule has 1 aliphatic carbocycles. The highest BCUT2D eigenvalue weighted by Gasteiger charge is 2.51. The van der Waals surface area contributed by atoms with Gasteiger partial charge in [-0.25, -0.2) is 22.7 Å². The molecule has 1 saturated carbocycles. The molecule has 0 amide bonds. The van der Waals surface area contributed by atoms with Crippen LogP contribution in [0.3, 0.4) is 0 Å². The second kappa shape index (κ2) is 6.29. The van der Waals surface area contributed by atoms with Gasteiger partial charge in [-0.1, -0.05) is 0 Å². The zero-order chi connectivity index (χ0) is 18.5. The Bertz CT molecular complexity index is 942. The first-order valence-corrected chi connectivity index (χ1v) is 10.8. The minimum Gasteiger partial charge on any atom is -0.467 e. The molecular weight excluding hydrogens is 368 g/mol. The van der Waals surface area contributed by atoms with Gasteiger partial charge < -0.3 is 14.5 Å². The van der Waals surface area contributed by atoms with E-state index in [1.165, 1.54) is 0 Å². The van der Waals surface area contributed by atoms with Crippen LogP contribution in [0.4, 0.5) is 5.95 Å². The molecule has 2 aromatic rings. The molecule has 1 spiro atoms. The third-order valence-corrected chi connectivity index (χ3v) is 7.97. The summed E-state index contributed by atoms with van der Waals surface area (Å²) in [6.45, 7) is 2.42. The molecule has 0 unspecified atom stereocenters. The fourth-order valence-electron chi connectivity index (χ4n) is 4.00. The molecule has 1 atom stereocenters. The number of sulfonamides is 1. The largest absolute Gasteiger partial charge is 0.467 e. The van der Waals surface area contributed by atoms with Crippen molar-refractivity contribution in [2.45, 2.75) is 43.1 Å². The van der Waals surface area contributed by atoms with E-state index in [1.807, 2.05) is 12.1 Å². The Morgan fingerprint density at radius 1 is 1.37 bits per heavy atom. The molecule has 3 aliphatic rings. The normalized spacial score (nSPS) is 25.6. The molecule has 1 N–H and O–H groups in total. The van der Waals surface area contributed by atoms with Crippen molar-refractivity contribution in [3.63, 3.8) is 0 Å². The molecule has 8 nitrogen and oxygen atoms in total. The number of hydrogen-bond acceptors (Lipinski definition) is 7. The van der Waals surface area contributed by atoms with Crippen molar-refractivity contribution in [1.82, 2.24) is 14.3 Å². The van der Waals surface area contributed by atoms with Gasteiger partial charge in [0.1, 0.15) is 5.76 Å². The van der Waals surface area contributed by atoms with Gasteiger partial charge in [0.15, 0.2) is 0 Å². The van der Waals surface area contributed by atoms with Gasteiger partial charge in [-0.3, -0.25) is 0 Å². The van der Waals surface area contributed by atoms with Crippen LogP contribution in [0.5, 0.6) is 0 Å². The molecule has 1 saturated heterocycles. The first-order chi connectivity index (χ1) is 13.1. The monoisotopic (exact) mass is 390 g/mol. The van der Waals surface area contributed by atoms with Gasteiger partial charge >= 0.3 is 0 Å². The Morgan fingerprint density at radius 2 is 2.26 bits per heavy atom. The van der Waals surface area contributed by atoms with Crippen LogP contribution < -0.4 is 5.32 Å². The molecule has 27 heavy (non-hydrogen) atoms. The lowest BCUT2D eigenvalue weighted by molar-refractivity contribution is 0.0532. The average Bonchev–Trinajstić information content (AvgIpc) is 3.25. The number of furan rings is 1. The number of nitrogens with zero attached hydrogens (tertiary/aromatic N) is 3. The molecule has 0 bridgehead atoms. The van der Waals surface area contributed by atoms with Crippen molar-refractivity contribution in [2.24, 2.45) is 0 Å². The second-order valence-electron chi connectivity index (χ2n) is 7.60. The summed E-state index contributed by atoms with van der Waals surface area (Å²) in [6.07, 6.45) is 5.70. The molecule has 4 heterocycles. The topological polar surface area (TPSA) is 97.6 Å². The number of rotatable bonds is 5. The van der Waals surface area contributed by atoms with Crippen molar-refractivity contribution in [3.8, 4) is 0 Å². The number of ether oxygens (including phenoxy) is 1. The van der Waals surface area contributed by atoms with E-state index < -0.39 is 10.0 Å². The maximum absolute atomic E-state index is 12.7. The lowest BCUT2D eigenvalue weighted by Crippen LogP contribution is -2.42.